The molecule has 1 saturated heterocycles. The van der Waals surface area contributed by atoms with Gasteiger partial charge in [-0.05, 0) is 56.1 Å². The lowest BCUT2D eigenvalue weighted by Crippen LogP contribution is -2.46. The molecule has 0 spiro atoms. The van der Waals surface area contributed by atoms with Crippen LogP contribution < -0.4 is 9.64 Å². The van der Waals surface area contributed by atoms with Crippen molar-refractivity contribution in [3.8, 4) is 17.0 Å². The molecule has 1 aromatic heterocycles. The molecule has 0 amide bonds. The van der Waals surface area contributed by atoms with Crippen LogP contribution in [0.5, 0.6) is 5.75 Å². The van der Waals surface area contributed by atoms with E-state index in [9.17, 15) is 5.11 Å². The van der Waals surface area contributed by atoms with Gasteiger partial charge in [0.25, 0.3) is 0 Å². The summed E-state index contributed by atoms with van der Waals surface area (Å²) < 4.78 is 5.69. The summed E-state index contributed by atoms with van der Waals surface area (Å²) in [4.78, 5) is 9.98. The molecule has 1 aliphatic heterocycles. The highest BCUT2D eigenvalue weighted by atomic mass is 16.5. The number of hydrogen-bond acceptors (Lipinski definition) is 5. The van der Waals surface area contributed by atoms with Gasteiger partial charge in [-0.2, -0.15) is 0 Å². The molecule has 4 rings (SSSR count). The van der Waals surface area contributed by atoms with E-state index in [4.69, 9.17) is 9.72 Å². The zero-order chi connectivity index (χ0) is 21.1. The number of nitrogens with zero attached hydrogens (tertiary/aromatic N) is 3. The molecule has 5 nitrogen and oxygen atoms in total. The highest BCUT2D eigenvalue weighted by Crippen LogP contribution is 2.31. The van der Waals surface area contributed by atoms with E-state index >= 15 is 0 Å². The molecular formula is C26H35N3O2. The van der Waals surface area contributed by atoms with Gasteiger partial charge >= 0.3 is 0 Å². The van der Waals surface area contributed by atoms with Gasteiger partial charge in [-0.15, -0.1) is 0 Å². The fourth-order valence-corrected chi connectivity index (χ4v) is 3.83. The van der Waals surface area contributed by atoms with E-state index in [2.05, 4.69) is 47.1 Å². The molecule has 0 atom stereocenters. The third kappa shape index (κ3) is 5.54. The zero-order valence-electron chi connectivity index (χ0n) is 18.1. The molecular weight excluding hydrogens is 386 g/mol. The molecule has 1 N–H and O–H groups in total. The Bertz CT molecular complexity index is 988. The number of hydrogen-bond donors (Lipinski definition) is 1. The largest absolute Gasteiger partial charge is 0.491 e. The van der Waals surface area contributed by atoms with Crippen molar-refractivity contribution >= 4 is 16.6 Å². The second-order valence-corrected chi connectivity index (χ2v) is 8.60. The molecule has 0 unspecified atom stereocenters. The number of benzene rings is 2. The van der Waals surface area contributed by atoms with Crippen LogP contribution in [0.3, 0.4) is 0 Å². The second-order valence-electron chi connectivity index (χ2n) is 8.60. The summed E-state index contributed by atoms with van der Waals surface area (Å²) in [5, 5.41) is 12.3. The molecule has 1 aliphatic rings. The monoisotopic (exact) mass is 421 g/mol. The molecule has 31 heavy (non-hydrogen) atoms. The number of pyridine rings is 1. The van der Waals surface area contributed by atoms with E-state index in [-0.39, 0.29) is 14.0 Å². The average Bonchev–Trinajstić information content (AvgIpc) is 2.77. The van der Waals surface area contributed by atoms with Gasteiger partial charge in [0.15, 0.2) is 0 Å². The maximum Gasteiger partial charge on any atom is 0.137 e. The highest BCUT2D eigenvalue weighted by molar-refractivity contribution is 5.95. The van der Waals surface area contributed by atoms with E-state index in [1.165, 1.54) is 10.8 Å². The lowest BCUT2D eigenvalue weighted by atomic mass is 10.1. The van der Waals surface area contributed by atoms with Crippen LogP contribution in [0.2, 0.25) is 0 Å². The van der Waals surface area contributed by atoms with E-state index in [1.807, 2.05) is 24.3 Å². The van der Waals surface area contributed by atoms with Crippen LogP contribution in [0.15, 0.2) is 54.6 Å². The van der Waals surface area contributed by atoms with Crippen LogP contribution in [0, 0.1) is 0 Å². The maximum absolute atomic E-state index is 9.86. The van der Waals surface area contributed by atoms with E-state index in [0.717, 1.165) is 55.5 Å². The molecule has 0 aliphatic carbocycles. The van der Waals surface area contributed by atoms with Crippen molar-refractivity contribution in [1.82, 2.24) is 9.88 Å². The van der Waals surface area contributed by atoms with Crippen molar-refractivity contribution in [2.24, 2.45) is 0 Å². The van der Waals surface area contributed by atoms with E-state index < -0.39 is 5.60 Å². The highest BCUT2D eigenvalue weighted by Gasteiger charge is 2.20. The summed E-state index contributed by atoms with van der Waals surface area (Å²) in [6.45, 7) is 11.2. The molecule has 0 saturated carbocycles. The minimum Gasteiger partial charge on any atom is -0.491 e. The standard InChI is InChI=1S/C25H31N3O2.CH4/c1-4-27-13-15-28(16-14-27)24-22-8-6-5-7-20(22)17-23(26-24)19-9-11-21(12-10-19)30-18-25(2,3)29;/h5-12,17,29H,4,13-16,18H2,1-3H3;1H4. The Morgan fingerprint density at radius 1 is 1.00 bits per heavy atom. The Kier molecular flexibility index (Phi) is 7.19. The quantitative estimate of drug-likeness (QED) is 0.618. The van der Waals surface area contributed by atoms with Crippen LogP contribution in [0.4, 0.5) is 5.82 Å². The normalized spacial score (nSPS) is 15.0. The Labute approximate surface area is 186 Å². The molecule has 1 fully saturated rings. The Morgan fingerprint density at radius 3 is 2.32 bits per heavy atom. The van der Waals surface area contributed by atoms with Crippen LogP contribution in [-0.4, -0.2) is 59.9 Å². The minimum atomic E-state index is -0.852. The first-order valence-corrected chi connectivity index (χ1v) is 10.8. The number of likely N-dealkylation sites (N-methyl/N-ethyl adjacent to an activating group) is 1. The van der Waals surface area contributed by atoms with E-state index in [0.29, 0.717) is 0 Å². The first kappa shape index (κ1) is 23.0. The first-order chi connectivity index (χ1) is 14.4. The first-order valence-electron chi connectivity index (χ1n) is 10.8. The minimum absolute atomic E-state index is 0. The number of piperazine rings is 1. The maximum atomic E-state index is 9.86. The van der Waals surface area contributed by atoms with Gasteiger partial charge in [0, 0.05) is 37.1 Å². The molecule has 2 heterocycles. The topological polar surface area (TPSA) is 48.8 Å². The van der Waals surface area contributed by atoms with Gasteiger partial charge in [-0.3, -0.25) is 0 Å². The smallest absolute Gasteiger partial charge is 0.137 e. The number of aliphatic hydroxyl groups is 1. The lowest BCUT2D eigenvalue weighted by Gasteiger charge is -2.35. The second kappa shape index (κ2) is 9.67. The third-order valence-electron chi connectivity index (χ3n) is 5.58. The van der Waals surface area contributed by atoms with Gasteiger partial charge in [0.1, 0.15) is 18.2 Å². The SMILES string of the molecule is C.CCN1CCN(c2nc(-c3ccc(OCC(C)(C)O)cc3)cc3ccccc23)CC1. The number of ether oxygens (including phenoxy) is 1. The molecule has 3 aromatic rings. The predicted molar refractivity (Wildman–Crippen MR) is 130 cm³/mol. The number of anilines is 1. The van der Waals surface area contributed by atoms with Crippen LogP contribution in [-0.2, 0) is 0 Å². The van der Waals surface area contributed by atoms with Gasteiger partial charge < -0.3 is 19.6 Å². The van der Waals surface area contributed by atoms with Crippen molar-refractivity contribution < 1.29 is 9.84 Å². The van der Waals surface area contributed by atoms with Crippen molar-refractivity contribution in [2.45, 2.75) is 33.8 Å². The summed E-state index contributed by atoms with van der Waals surface area (Å²) in [7, 11) is 0. The Morgan fingerprint density at radius 2 is 1.68 bits per heavy atom. The van der Waals surface area contributed by atoms with Crippen molar-refractivity contribution in [1.29, 1.82) is 0 Å². The van der Waals surface area contributed by atoms with Crippen molar-refractivity contribution in [3.05, 3.63) is 54.6 Å². The fourth-order valence-electron chi connectivity index (χ4n) is 3.83. The zero-order valence-corrected chi connectivity index (χ0v) is 18.1. The van der Waals surface area contributed by atoms with Gasteiger partial charge in [-0.25, -0.2) is 4.98 Å². The molecule has 0 bridgehead atoms. The number of aromatic nitrogens is 1. The Hall–Kier alpha value is -2.63. The summed E-state index contributed by atoms with van der Waals surface area (Å²) in [6.07, 6.45) is 0. The molecule has 5 heteroatoms. The molecule has 2 aromatic carbocycles. The average molecular weight is 422 g/mol. The predicted octanol–water partition coefficient (Wildman–Crippen LogP) is 4.83. The Balaban J connectivity index is 0.00000272. The summed E-state index contributed by atoms with van der Waals surface area (Å²) in [6, 6.07) is 18.6. The van der Waals surface area contributed by atoms with Gasteiger partial charge in [-0.1, -0.05) is 38.6 Å². The number of fused-ring (bicyclic) bond motifs is 1. The molecule has 166 valence electrons. The summed E-state index contributed by atoms with van der Waals surface area (Å²) in [5.41, 5.74) is 1.18. The summed E-state index contributed by atoms with van der Waals surface area (Å²) >= 11 is 0. The lowest BCUT2D eigenvalue weighted by molar-refractivity contribution is 0.0285. The fraction of sp³-hybridized carbons (Fsp3) is 0.423. The third-order valence-corrected chi connectivity index (χ3v) is 5.58. The van der Waals surface area contributed by atoms with Crippen LogP contribution in [0.25, 0.3) is 22.0 Å². The van der Waals surface area contributed by atoms with Crippen molar-refractivity contribution in [2.75, 3.05) is 44.2 Å². The van der Waals surface area contributed by atoms with Gasteiger partial charge in [0.05, 0.1) is 11.3 Å². The van der Waals surface area contributed by atoms with Gasteiger partial charge in [0.2, 0.25) is 0 Å². The van der Waals surface area contributed by atoms with Crippen molar-refractivity contribution in [3.63, 3.8) is 0 Å². The van der Waals surface area contributed by atoms with Crippen LogP contribution >= 0.6 is 0 Å². The van der Waals surface area contributed by atoms with E-state index in [1.54, 1.807) is 13.8 Å². The summed E-state index contributed by atoms with van der Waals surface area (Å²) in [5.74, 6) is 1.82. The number of rotatable bonds is 6. The molecule has 0 radical (unpaired) electrons. The van der Waals surface area contributed by atoms with Crippen LogP contribution in [0.1, 0.15) is 28.2 Å².